The molecule has 0 radical (unpaired) electrons. The van der Waals surface area contributed by atoms with E-state index in [2.05, 4.69) is 20.9 Å². The first-order valence-electron chi connectivity index (χ1n) is 9.49. The Kier molecular flexibility index (Phi) is 4.72. The molecule has 2 aromatic rings. The fraction of sp³-hybridized carbons (Fsp3) is 0.476. The Labute approximate surface area is 155 Å². The van der Waals surface area contributed by atoms with Crippen molar-refractivity contribution in [3.63, 3.8) is 0 Å². The first kappa shape index (κ1) is 17.2. The van der Waals surface area contributed by atoms with Crippen LogP contribution in [0.2, 0.25) is 0 Å². The van der Waals surface area contributed by atoms with Crippen LogP contribution in [0.3, 0.4) is 0 Å². The fourth-order valence-corrected chi connectivity index (χ4v) is 4.39. The zero-order valence-corrected chi connectivity index (χ0v) is 15.4. The summed E-state index contributed by atoms with van der Waals surface area (Å²) < 4.78 is 0. The van der Waals surface area contributed by atoms with Crippen molar-refractivity contribution in [2.45, 2.75) is 39.3 Å². The minimum Gasteiger partial charge on any atom is -0.336 e. The van der Waals surface area contributed by atoms with Crippen LogP contribution in [0, 0.1) is 12.3 Å². The average Bonchev–Trinajstić information content (AvgIpc) is 2.92. The quantitative estimate of drug-likeness (QED) is 0.851. The molecule has 2 aliphatic rings. The van der Waals surface area contributed by atoms with E-state index < -0.39 is 0 Å². The molecule has 2 fully saturated rings. The van der Waals surface area contributed by atoms with Crippen LogP contribution >= 0.6 is 0 Å². The Hall–Kier alpha value is -2.27. The van der Waals surface area contributed by atoms with Crippen LogP contribution in [0.25, 0.3) is 0 Å². The number of rotatable bonds is 4. The molecule has 0 aliphatic carbocycles. The van der Waals surface area contributed by atoms with Gasteiger partial charge in [0.15, 0.2) is 0 Å². The smallest absolute Gasteiger partial charge is 0.230 e. The molecule has 0 bridgehead atoms. The minimum absolute atomic E-state index is 0.211. The van der Waals surface area contributed by atoms with Gasteiger partial charge in [0, 0.05) is 31.5 Å². The SMILES string of the molecule is Cc1cccc(CN2CC[C@]3(CCCN(Cc4ccccn4)C3)C2=O)n1. The first-order chi connectivity index (χ1) is 12.6. The summed E-state index contributed by atoms with van der Waals surface area (Å²) in [6.45, 7) is 6.18. The summed E-state index contributed by atoms with van der Waals surface area (Å²) in [7, 11) is 0. The zero-order valence-electron chi connectivity index (χ0n) is 15.4. The third-order valence-corrected chi connectivity index (χ3v) is 5.67. The summed E-state index contributed by atoms with van der Waals surface area (Å²) in [6, 6.07) is 12.1. The molecule has 5 nitrogen and oxygen atoms in total. The van der Waals surface area contributed by atoms with Crippen LogP contribution in [0.5, 0.6) is 0 Å². The highest BCUT2D eigenvalue weighted by Gasteiger charge is 2.48. The van der Waals surface area contributed by atoms with Crippen LogP contribution in [0.4, 0.5) is 0 Å². The summed E-state index contributed by atoms with van der Waals surface area (Å²) in [6.07, 6.45) is 4.88. The standard InChI is InChI=1S/C21H26N4O/c1-17-6-4-8-19(23-17)15-25-13-10-21(20(25)26)9-5-12-24(16-21)14-18-7-2-3-11-22-18/h2-4,6-8,11H,5,9-10,12-16H2,1H3/t21-/m0/s1. The first-order valence-corrected chi connectivity index (χ1v) is 9.49. The van der Waals surface area contributed by atoms with Gasteiger partial charge in [-0.25, -0.2) is 0 Å². The van der Waals surface area contributed by atoms with Crippen molar-refractivity contribution < 1.29 is 4.79 Å². The Bertz CT molecular complexity index is 779. The maximum absolute atomic E-state index is 13.2. The van der Waals surface area contributed by atoms with Gasteiger partial charge in [0.2, 0.25) is 5.91 Å². The number of piperidine rings is 1. The third-order valence-electron chi connectivity index (χ3n) is 5.67. The van der Waals surface area contributed by atoms with E-state index in [1.165, 1.54) is 0 Å². The summed E-state index contributed by atoms with van der Waals surface area (Å²) in [5.41, 5.74) is 2.85. The van der Waals surface area contributed by atoms with E-state index in [1.54, 1.807) is 0 Å². The average molecular weight is 350 g/mol. The molecule has 2 saturated heterocycles. The van der Waals surface area contributed by atoms with Crippen molar-refractivity contribution in [3.05, 3.63) is 59.7 Å². The fourth-order valence-electron chi connectivity index (χ4n) is 4.39. The van der Waals surface area contributed by atoms with E-state index in [4.69, 9.17) is 0 Å². The van der Waals surface area contributed by atoms with Gasteiger partial charge in [-0.15, -0.1) is 0 Å². The molecular formula is C21H26N4O. The number of likely N-dealkylation sites (tertiary alicyclic amines) is 2. The largest absolute Gasteiger partial charge is 0.336 e. The lowest BCUT2D eigenvalue weighted by Crippen LogP contribution is -2.47. The van der Waals surface area contributed by atoms with Crippen LogP contribution in [0.15, 0.2) is 42.6 Å². The minimum atomic E-state index is -0.211. The zero-order chi connectivity index (χ0) is 18.0. The second kappa shape index (κ2) is 7.16. The molecule has 2 aromatic heterocycles. The molecule has 0 aromatic carbocycles. The summed E-state index contributed by atoms with van der Waals surface area (Å²) in [5.74, 6) is 0.312. The van der Waals surface area contributed by atoms with Crippen LogP contribution in [0.1, 0.15) is 36.3 Å². The topological polar surface area (TPSA) is 49.3 Å². The van der Waals surface area contributed by atoms with Crippen molar-refractivity contribution in [3.8, 4) is 0 Å². The van der Waals surface area contributed by atoms with Crippen LogP contribution in [-0.2, 0) is 17.9 Å². The van der Waals surface area contributed by atoms with Crippen molar-refractivity contribution in [2.24, 2.45) is 5.41 Å². The van der Waals surface area contributed by atoms with E-state index in [0.717, 1.165) is 62.5 Å². The van der Waals surface area contributed by atoms with Gasteiger partial charge in [-0.05, 0) is 57.0 Å². The van der Waals surface area contributed by atoms with Gasteiger partial charge in [0.25, 0.3) is 0 Å². The molecule has 1 amide bonds. The number of pyridine rings is 2. The van der Waals surface area contributed by atoms with Gasteiger partial charge in [-0.3, -0.25) is 19.7 Å². The third kappa shape index (κ3) is 3.49. The van der Waals surface area contributed by atoms with E-state index in [9.17, 15) is 4.79 Å². The number of carbonyl (C=O) groups excluding carboxylic acids is 1. The summed E-state index contributed by atoms with van der Waals surface area (Å²) in [5, 5.41) is 0. The number of hydrogen-bond donors (Lipinski definition) is 0. The van der Waals surface area contributed by atoms with E-state index >= 15 is 0 Å². The van der Waals surface area contributed by atoms with Crippen molar-refractivity contribution >= 4 is 5.91 Å². The number of aromatic nitrogens is 2. The molecule has 5 heteroatoms. The van der Waals surface area contributed by atoms with Gasteiger partial charge in [0.05, 0.1) is 23.3 Å². The van der Waals surface area contributed by atoms with Crippen molar-refractivity contribution in [1.29, 1.82) is 0 Å². The maximum atomic E-state index is 13.2. The Balaban J connectivity index is 1.44. The number of carbonyl (C=O) groups is 1. The monoisotopic (exact) mass is 350 g/mol. The van der Waals surface area contributed by atoms with Gasteiger partial charge < -0.3 is 4.90 Å². The normalized spacial score (nSPS) is 23.7. The molecule has 4 rings (SSSR count). The molecule has 1 spiro atoms. The van der Waals surface area contributed by atoms with Gasteiger partial charge >= 0.3 is 0 Å². The van der Waals surface area contributed by atoms with Gasteiger partial charge in [-0.2, -0.15) is 0 Å². The molecule has 1 atom stereocenters. The Morgan fingerprint density at radius 2 is 1.92 bits per heavy atom. The molecular weight excluding hydrogens is 324 g/mol. The molecule has 0 saturated carbocycles. The second-order valence-corrected chi connectivity index (χ2v) is 7.66. The number of aryl methyl sites for hydroxylation is 1. The highest BCUT2D eigenvalue weighted by atomic mass is 16.2. The molecule has 26 heavy (non-hydrogen) atoms. The van der Waals surface area contributed by atoms with E-state index in [-0.39, 0.29) is 5.41 Å². The van der Waals surface area contributed by atoms with E-state index in [1.807, 2.05) is 48.4 Å². The lowest BCUT2D eigenvalue weighted by molar-refractivity contribution is -0.139. The van der Waals surface area contributed by atoms with Gasteiger partial charge in [0.1, 0.15) is 0 Å². The lowest BCUT2D eigenvalue weighted by atomic mass is 9.78. The Morgan fingerprint density at radius 3 is 2.73 bits per heavy atom. The van der Waals surface area contributed by atoms with Crippen LogP contribution in [-0.4, -0.2) is 45.3 Å². The van der Waals surface area contributed by atoms with Crippen LogP contribution < -0.4 is 0 Å². The molecule has 0 unspecified atom stereocenters. The van der Waals surface area contributed by atoms with E-state index in [0.29, 0.717) is 12.5 Å². The predicted octanol–water partition coefficient (Wildman–Crippen LogP) is 2.80. The number of hydrogen-bond acceptors (Lipinski definition) is 4. The summed E-state index contributed by atoms with van der Waals surface area (Å²) >= 11 is 0. The molecule has 136 valence electrons. The predicted molar refractivity (Wildman–Crippen MR) is 100 cm³/mol. The van der Waals surface area contributed by atoms with Crippen molar-refractivity contribution in [1.82, 2.24) is 19.8 Å². The number of nitrogens with zero attached hydrogens (tertiary/aromatic N) is 4. The Morgan fingerprint density at radius 1 is 1.04 bits per heavy atom. The molecule has 4 heterocycles. The number of amides is 1. The van der Waals surface area contributed by atoms with Crippen molar-refractivity contribution in [2.75, 3.05) is 19.6 Å². The maximum Gasteiger partial charge on any atom is 0.230 e. The van der Waals surface area contributed by atoms with Gasteiger partial charge in [-0.1, -0.05) is 12.1 Å². The highest BCUT2D eigenvalue weighted by Crippen LogP contribution is 2.40. The summed E-state index contributed by atoms with van der Waals surface area (Å²) in [4.78, 5) is 26.6. The highest BCUT2D eigenvalue weighted by molar-refractivity contribution is 5.85. The molecule has 2 aliphatic heterocycles. The second-order valence-electron chi connectivity index (χ2n) is 7.66. The lowest BCUT2D eigenvalue weighted by Gasteiger charge is -2.38. The molecule has 0 N–H and O–H groups in total.